The molecule has 0 atom stereocenters. The number of thiazole rings is 1. The highest BCUT2D eigenvalue weighted by atomic mass is 35.5. The molecule has 1 saturated heterocycles. The van der Waals surface area contributed by atoms with Crippen molar-refractivity contribution in [2.45, 2.75) is 17.1 Å². The maximum absolute atomic E-state index is 11.9. The molecule has 1 fully saturated rings. The van der Waals surface area contributed by atoms with Crippen molar-refractivity contribution >= 4 is 38.9 Å². The van der Waals surface area contributed by atoms with Crippen molar-refractivity contribution < 1.29 is 13.2 Å². The number of aromatic nitrogens is 1. The Bertz CT molecular complexity index is 496. The number of sulfonamides is 1. The summed E-state index contributed by atoms with van der Waals surface area (Å²) < 4.78 is 24.8. The summed E-state index contributed by atoms with van der Waals surface area (Å²) in [7, 11) is -3.71. The van der Waals surface area contributed by atoms with E-state index in [2.05, 4.69) is 4.98 Å². The molecule has 82 valence electrons. The number of halogens is 1. The van der Waals surface area contributed by atoms with Crippen LogP contribution < -0.4 is 0 Å². The fraction of sp³-hybridized carbons (Fsp3) is 0.429. The average Bonchev–Trinajstić information content (AvgIpc) is 2.74. The van der Waals surface area contributed by atoms with E-state index in [9.17, 15) is 13.2 Å². The summed E-state index contributed by atoms with van der Waals surface area (Å²) in [6.07, 6.45) is 2.03. The van der Waals surface area contributed by atoms with Gasteiger partial charge in [-0.25, -0.2) is 17.7 Å². The van der Waals surface area contributed by atoms with Crippen LogP contribution in [-0.2, 0) is 14.8 Å². The molecule has 1 aliphatic rings. The van der Waals surface area contributed by atoms with Crippen LogP contribution in [-0.4, -0.2) is 30.2 Å². The van der Waals surface area contributed by atoms with E-state index < -0.39 is 10.0 Å². The van der Waals surface area contributed by atoms with Gasteiger partial charge in [0.15, 0.2) is 8.68 Å². The molecule has 0 spiro atoms. The molecule has 0 aliphatic carbocycles. The smallest absolute Gasteiger partial charge is 0.274 e. The monoisotopic (exact) mass is 266 g/mol. The van der Waals surface area contributed by atoms with Crippen LogP contribution in [0, 0.1) is 0 Å². The van der Waals surface area contributed by atoms with Crippen LogP contribution in [0.2, 0.25) is 4.47 Å². The SMILES string of the molecule is O=C1CCCN1S(=O)(=O)c1cnc(Cl)s1. The molecule has 0 saturated carbocycles. The standard InChI is InChI=1S/C7H7ClN2O3S2/c8-7-9-4-6(14-7)15(12,13)10-3-1-2-5(10)11/h4H,1-3H2. The lowest BCUT2D eigenvalue weighted by molar-refractivity contribution is -0.123. The number of carbonyl (C=O) groups excluding carboxylic acids is 1. The van der Waals surface area contributed by atoms with Crippen molar-refractivity contribution in [3.63, 3.8) is 0 Å². The first-order valence-electron chi connectivity index (χ1n) is 4.19. The Kier molecular flexibility index (Phi) is 2.70. The Balaban J connectivity index is 2.39. The molecule has 0 N–H and O–H groups in total. The number of rotatable bonds is 2. The summed E-state index contributed by atoms with van der Waals surface area (Å²) in [6.45, 7) is 0.247. The number of carbonyl (C=O) groups is 1. The minimum absolute atomic E-state index is 0.0164. The average molecular weight is 267 g/mol. The van der Waals surface area contributed by atoms with Crippen molar-refractivity contribution in [1.29, 1.82) is 0 Å². The fourth-order valence-corrected chi connectivity index (χ4v) is 4.22. The first-order valence-corrected chi connectivity index (χ1v) is 6.82. The molecule has 1 aromatic rings. The van der Waals surface area contributed by atoms with Gasteiger partial charge in [-0.1, -0.05) is 22.9 Å². The van der Waals surface area contributed by atoms with Crippen LogP contribution in [0.1, 0.15) is 12.8 Å². The quantitative estimate of drug-likeness (QED) is 0.804. The second kappa shape index (κ2) is 3.73. The summed E-state index contributed by atoms with van der Waals surface area (Å²) >= 11 is 6.41. The van der Waals surface area contributed by atoms with Gasteiger partial charge in [0, 0.05) is 13.0 Å². The van der Waals surface area contributed by atoms with Crippen molar-refractivity contribution in [1.82, 2.24) is 9.29 Å². The van der Waals surface area contributed by atoms with Gasteiger partial charge in [0.1, 0.15) is 0 Å². The molecule has 0 radical (unpaired) electrons. The molecule has 2 rings (SSSR count). The number of hydrogen-bond donors (Lipinski definition) is 0. The Morgan fingerprint density at radius 2 is 2.27 bits per heavy atom. The second-order valence-corrected chi connectivity index (χ2v) is 6.71. The molecule has 0 aromatic carbocycles. The summed E-state index contributed by atoms with van der Waals surface area (Å²) in [6, 6.07) is 0. The van der Waals surface area contributed by atoms with E-state index in [1.165, 1.54) is 6.20 Å². The molecule has 1 aromatic heterocycles. The zero-order chi connectivity index (χ0) is 11.1. The lowest BCUT2D eigenvalue weighted by Gasteiger charge is -2.13. The van der Waals surface area contributed by atoms with E-state index in [4.69, 9.17) is 11.6 Å². The van der Waals surface area contributed by atoms with Crippen LogP contribution in [0.4, 0.5) is 0 Å². The Morgan fingerprint density at radius 1 is 1.53 bits per heavy atom. The molecule has 1 aliphatic heterocycles. The van der Waals surface area contributed by atoms with Gasteiger partial charge < -0.3 is 0 Å². The predicted molar refractivity (Wildman–Crippen MR) is 55.3 cm³/mol. The largest absolute Gasteiger partial charge is 0.277 e. The normalized spacial score (nSPS) is 17.4. The summed E-state index contributed by atoms with van der Waals surface area (Å²) in [5.74, 6) is -0.362. The molecule has 2 heterocycles. The van der Waals surface area contributed by atoms with Crippen LogP contribution in [0.25, 0.3) is 0 Å². The molecule has 5 nitrogen and oxygen atoms in total. The molecule has 0 unspecified atom stereocenters. The lowest BCUT2D eigenvalue weighted by Crippen LogP contribution is -2.31. The lowest BCUT2D eigenvalue weighted by atomic mass is 10.4. The van der Waals surface area contributed by atoms with Gasteiger partial charge in [-0.3, -0.25) is 4.79 Å². The third-order valence-electron chi connectivity index (χ3n) is 2.03. The first-order chi connectivity index (χ1) is 7.01. The Labute approximate surface area is 95.7 Å². The van der Waals surface area contributed by atoms with Crippen LogP contribution in [0.15, 0.2) is 10.4 Å². The molecule has 0 bridgehead atoms. The van der Waals surface area contributed by atoms with E-state index in [-0.39, 0.29) is 27.5 Å². The van der Waals surface area contributed by atoms with E-state index in [1.807, 2.05) is 0 Å². The third-order valence-corrected chi connectivity index (χ3v) is 5.40. The zero-order valence-electron chi connectivity index (χ0n) is 7.51. The minimum Gasteiger partial charge on any atom is -0.274 e. The molecular weight excluding hydrogens is 260 g/mol. The highest BCUT2D eigenvalue weighted by molar-refractivity contribution is 7.91. The highest BCUT2D eigenvalue weighted by Crippen LogP contribution is 2.27. The van der Waals surface area contributed by atoms with Crippen molar-refractivity contribution in [3.8, 4) is 0 Å². The number of amides is 1. The van der Waals surface area contributed by atoms with Crippen LogP contribution >= 0.6 is 22.9 Å². The van der Waals surface area contributed by atoms with Gasteiger partial charge in [-0.05, 0) is 6.42 Å². The predicted octanol–water partition coefficient (Wildman–Crippen LogP) is 1.11. The minimum atomic E-state index is -3.71. The topological polar surface area (TPSA) is 67.3 Å². The van der Waals surface area contributed by atoms with Gasteiger partial charge in [0.25, 0.3) is 10.0 Å². The fourth-order valence-electron chi connectivity index (χ4n) is 1.34. The maximum Gasteiger partial charge on any atom is 0.277 e. The number of nitrogens with zero attached hydrogens (tertiary/aromatic N) is 2. The highest BCUT2D eigenvalue weighted by Gasteiger charge is 2.34. The molecule has 8 heteroatoms. The van der Waals surface area contributed by atoms with Gasteiger partial charge in [-0.15, -0.1) is 0 Å². The van der Waals surface area contributed by atoms with Gasteiger partial charge in [0.2, 0.25) is 5.91 Å². The molecule has 1 amide bonds. The van der Waals surface area contributed by atoms with Crippen molar-refractivity contribution in [2.24, 2.45) is 0 Å². The van der Waals surface area contributed by atoms with Crippen molar-refractivity contribution in [2.75, 3.05) is 6.54 Å². The Hall–Kier alpha value is -0.660. The second-order valence-electron chi connectivity index (χ2n) is 3.01. The van der Waals surface area contributed by atoms with E-state index in [0.29, 0.717) is 6.42 Å². The van der Waals surface area contributed by atoms with Gasteiger partial charge >= 0.3 is 0 Å². The molecule has 15 heavy (non-hydrogen) atoms. The van der Waals surface area contributed by atoms with E-state index >= 15 is 0 Å². The zero-order valence-corrected chi connectivity index (χ0v) is 9.90. The summed E-state index contributed by atoms with van der Waals surface area (Å²) in [5, 5.41) is 0. The first kappa shape index (κ1) is 10.8. The van der Waals surface area contributed by atoms with E-state index in [1.54, 1.807) is 0 Å². The Morgan fingerprint density at radius 3 is 2.73 bits per heavy atom. The summed E-state index contributed by atoms with van der Waals surface area (Å²) in [4.78, 5) is 14.9. The van der Waals surface area contributed by atoms with E-state index in [0.717, 1.165) is 15.6 Å². The van der Waals surface area contributed by atoms with Crippen molar-refractivity contribution in [3.05, 3.63) is 10.7 Å². The van der Waals surface area contributed by atoms with Gasteiger partial charge in [0.05, 0.1) is 6.20 Å². The third kappa shape index (κ3) is 1.86. The maximum atomic E-state index is 11.9. The van der Waals surface area contributed by atoms with Gasteiger partial charge in [-0.2, -0.15) is 0 Å². The summed E-state index contributed by atoms with van der Waals surface area (Å²) in [5.41, 5.74) is 0. The number of hydrogen-bond acceptors (Lipinski definition) is 5. The van der Waals surface area contributed by atoms with Crippen LogP contribution in [0.3, 0.4) is 0 Å². The molecular formula is C7H7ClN2O3S2. The van der Waals surface area contributed by atoms with Crippen LogP contribution in [0.5, 0.6) is 0 Å².